The smallest absolute Gasteiger partial charge is 0.416 e. The molecule has 0 heterocycles. The molecule has 1 atom stereocenters. The predicted molar refractivity (Wildman–Crippen MR) is 125 cm³/mol. The molecule has 0 fully saturated rings. The van der Waals surface area contributed by atoms with Gasteiger partial charge in [0, 0.05) is 5.56 Å². The number of esters is 1. The van der Waals surface area contributed by atoms with Crippen LogP contribution in [-0.2, 0) is 15.7 Å². The minimum Gasteiger partial charge on any atom is -0.464 e. The number of hydrogen-bond acceptors (Lipinski definition) is 3. The predicted octanol–water partition coefficient (Wildman–Crippen LogP) is 7.31. The third-order valence-corrected chi connectivity index (χ3v) is 5.51. The Labute approximate surface area is 196 Å². The number of unbranched alkanes of at least 4 members (excludes halogenated alkanes) is 9. The first-order valence-electron chi connectivity index (χ1n) is 12.3. The normalized spacial score (nSPS) is 12.6. The Morgan fingerprint density at radius 1 is 0.879 bits per heavy atom. The molecule has 0 aliphatic rings. The van der Waals surface area contributed by atoms with E-state index < -0.39 is 29.7 Å². The lowest BCUT2D eigenvalue weighted by atomic mass is 10.0. The number of carbonyl (C=O) groups is 2. The van der Waals surface area contributed by atoms with Gasteiger partial charge in [-0.1, -0.05) is 78.6 Å². The highest BCUT2D eigenvalue weighted by atomic mass is 19.4. The third-order valence-electron chi connectivity index (χ3n) is 5.51. The van der Waals surface area contributed by atoms with Gasteiger partial charge in [-0.2, -0.15) is 13.2 Å². The summed E-state index contributed by atoms with van der Waals surface area (Å²) in [5.41, 5.74) is -0.757. The number of rotatable bonds is 16. The Morgan fingerprint density at radius 3 is 1.88 bits per heavy atom. The van der Waals surface area contributed by atoms with Crippen LogP contribution in [0.5, 0.6) is 0 Å². The molecule has 0 aliphatic carbocycles. The van der Waals surface area contributed by atoms with Crippen LogP contribution in [0.25, 0.3) is 0 Å². The maximum absolute atomic E-state index is 12.7. The number of hydrogen-bond donors (Lipinski definition) is 1. The molecule has 4 nitrogen and oxygen atoms in total. The van der Waals surface area contributed by atoms with Crippen LogP contribution in [0.15, 0.2) is 24.3 Å². The molecular weight excluding hydrogens is 431 g/mol. The molecule has 0 aliphatic heterocycles. The van der Waals surface area contributed by atoms with Crippen molar-refractivity contribution in [3.05, 3.63) is 35.4 Å². The second-order valence-corrected chi connectivity index (χ2v) is 9.08. The molecule has 1 aromatic rings. The van der Waals surface area contributed by atoms with Crippen LogP contribution < -0.4 is 5.32 Å². The van der Waals surface area contributed by atoms with E-state index in [0.717, 1.165) is 43.5 Å². The highest BCUT2D eigenvalue weighted by Crippen LogP contribution is 2.29. The van der Waals surface area contributed by atoms with Crippen LogP contribution in [0.3, 0.4) is 0 Å². The van der Waals surface area contributed by atoms with Gasteiger partial charge in [0.1, 0.15) is 6.04 Å². The van der Waals surface area contributed by atoms with Crippen LogP contribution in [0.1, 0.15) is 107 Å². The number of nitrogens with one attached hydrogen (secondary N) is 1. The molecular formula is C26H40F3NO3. The van der Waals surface area contributed by atoms with E-state index in [2.05, 4.69) is 12.2 Å². The third kappa shape index (κ3) is 12.7. The van der Waals surface area contributed by atoms with E-state index in [9.17, 15) is 22.8 Å². The molecule has 0 saturated heterocycles. The maximum Gasteiger partial charge on any atom is 0.416 e. The summed E-state index contributed by atoms with van der Waals surface area (Å²) in [5.74, 6) is -0.960. The van der Waals surface area contributed by atoms with Gasteiger partial charge in [-0.25, -0.2) is 4.79 Å². The van der Waals surface area contributed by atoms with E-state index >= 15 is 0 Å². The quantitative estimate of drug-likeness (QED) is 0.203. The van der Waals surface area contributed by atoms with E-state index in [4.69, 9.17) is 4.74 Å². The minimum absolute atomic E-state index is 0.0688. The molecule has 1 aromatic carbocycles. The molecule has 33 heavy (non-hydrogen) atoms. The maximum atomic E-state index is 12.7. The number of amides is 1. The van der Waals surface area contributed by atoms with Crippen LogP contribution in [0.4, 0.5) is 13.2 Å². The number of ether oxygens (including phenoxy) is 1. The zero-order valence-corrected chi connectivity index (χ0v) is 20.3. The second kappa shape index (κ2) is 15.7. The van der Waals surface area contributed by atoms with Crippen LogP contribution in [0, 0.1) is 5.92 Å². The van der Waals surface area contributed by atoms with Crippen LogP contribution in [0.2, 0.25) is 0 Å². The van der Waals surface area contributed by atoms with E-state index in [-0.39, 0.29) is 11.5 Å². The standard InChI is InChI=1S/C26H40F3NO3/c1-4-5-6-7-8-9-10-11-12-13-18-33-25(32)23(19-20(2)3)30-24(31)21-14-16-22(17-15-21)26(27,28)29/h14-17,20,23H,4-13,18-19H2,1-3H3,(H,30,31). The summed E-state index contributed by atoms with van der Waals surface area (Å²) in [7, 11) is 0. The van der Waals surface area contributed by atoms with Gasteiger partial charge >= 0.3 is 12.1 Å². The van der Waals surface area contributed by atoms with Gasteiger partial charge < -0.3 is 10.1 Å². The largest absolute Gasteiger partial charge is 0.464 e. The van der Waals surface area contributed by atoms with Crippen molar-refractivity contribution in [2.24, 2.45) is 5.92 Å². The summed E-state index contributed by atoms with van der Waals surface area (Å²) in [4.78, 5) is 25.0. The van der Waals surface area contributed by atoms with Gasteiger partial charge in [0.15, 0.2) is 0 Å². The summed E-state index contributed by atoms with van der Waals surface area (Å²) >= 11 is 0. The van der Waals surface area contributed by atoms with E-state index in [1.54, 1.807) is 0 Å². The molecule has 0 saturated carbocycles. The zero-order chi connectivity index (χ0) is 24.7. The highest BCUT2D eigenvalue weighted by Gasteiger charge is 2.30. The van der Waals surface area contributed by atoms with Gasteiger partial charge in [0.05, 0.1) is 12.2 Å². The summed E-state index contributed by atoms with van der Waals surface area (Å²) in [6.45, 7) is 6.37. The van der Waals surface area contributed by atoms with Gasteiger partial charge in [0.25, 0.3) is 5.91 Å². The number of benzene rings is 1. The Hall–Kier alpha value is -2.05. The summed E-state index contributed by atoms with van der Waals surface area (Å²) in [5, 5.41) is 2.62. The fourth-order valence-electron chi connectivity index (χ4n) is 3.60. The van der Waals surface area contributed by atoms with E-state index in [1.165, 1.54) is 44.9 Å². The lowest BCUT2D eigenvalue weighted by Gasteiger charge is -2.19. The van der Waals surface area contributed by atoms with Crippen molar-refractivity contribution < 1.29 is 27.5 Å². The Kier molecular flexibility index (Phi) is 13.8. The SMILES string of the molecule is CCCCCCCCCCCCOC(=O)C(CC(C)C)NC(=O)c1ccc(C(F)(F)F)cc1. The molecule has 1 N–H and O–H groups in total. The van der Waals surface area contributed by atoms with Gasteiger partial charge in [-0.3, -0.25) is 4.79 Å². The fourth-order valence-corrected chi connectivity index (χ4v) is 3.60. The first-order chi connectivity index (χ1) is 15.6. The number of halogens is 3. The summed E-state index contributed by atoms with van der Waals surface area (Å²) < 4.78 is 43.5. The van der Waals surface area contributed by atoms with Crippen molar-refractivity contribution in [1.82, 2.24) is 5.32 Å². The number of alkyl halides is 3. The molecule has 0 spiro atoms. The minimum atomic E-state index is -4.46. The Morgan fingerprint density at radius 2 is 1.39 bits per heavy atom. The van der Waals surface area contributed by atoms with Crippen molar-refractivity contribution in [3.63, 3.8) is 0 Å². The first kappa shape index (κ1) is 29.0. The molecule has 0 bridgehead atoms. The lowest BCUT2D eigenvalue weighted by Crippen LogP contribution is -2.42. The Bertz CT molecular complexity index is 687. The average molecular weight is 472 g/mol. The van der Waals surface area contributed by atoms with Gasteiger partial charge in [-0.15, -0.1) is 0 Å². The van der Waals surface area contributed by atoms with Crippen LogP contribution in [-0.4, -0.2) is 24.5 Å². The van der Waals surface area contributed by atoms with Crippen LogP contribution >= 0.6 is 0 Å². The molecule has 1 amide bonds. The highest BCUT2D eigenvalue weighted by molar-refractivity contribution is 5.96. The van der Waals surface area contributed by atoms with Crippen molar-refractivity contribution in [3.8, 4) is 0 Å². The van der Waals surface area contributed by atoms with Gasteiger partial charge in [-0.05, 0) is 43.0 Å². The van der Waals surface area contributed by atoms with E-state index in [1.807, 2.05) is 13.8 Å². The number of carbonyl (C=O) groups excluding carboxylic acids is 2. The monoisotopic (exact) mass is 471 g/mol. The fraction of sp³-hybridized carbons (Fsp3) is 0.692. The summed E-state index contributed by atoms with van der Waals surface area (Å²) in [6.07, 6.45) is 7.74. The van der Waals surface area contributed by atoms with Crippen molar-refractivity contribution >= 4 is 11.9 Å². The molecule has 1 unspecified atom stereocenters. The topological polar surface area (TPSA) is 55.4 Å². The van der Waals surface area contributed by atoms with Crippen molar-refractivity contribution in [2.75, 3.05) is 6.61 Å². The molecule has 7 heteroatoms. The molecule has 0 aromatic heterocycles. The zero-order valence-electron chi connectivity index (χ0n) is 20.3. The van der Waals surface area contributed by atoms with Gasteiger partial charge in [0.2, 0.25) is 0 Å². The van der Waals surface area contributed by atoms with E-state index in [0.29, 0.717) is 13.0 Å². The Balaban J connectivity index is 2.39. The average Bonchev–Trinajstić information content (AvgIpc) is 2.76. The molecule has 0 radical (unpaired) electrons. The molecule has 1 rings (SSSR count). The second-order valence-electron chi connectivity index (χ2n) is 9.08. The summed E-state index contributed by atoms with van der Waals surface area (Å²) in [6, 6.07) is 3.11. The lowest BCUT2D eigenvalue weighted by molar-refractivity contribution is -0.146. The molecule has 188 valence electrons. The van der Waals surface area contributed by atoms with Crippen molar-refractivity contribution in [1.29, 1.82) is 0 Å². The first-order valence-corrected chi connectivity index (χ1v) is 12.3. The van der Waals surface area contributed by atoms with Crippen molar-refractivity contribution in [2.45, 2.75) is 104 Å².